The number of nitrogen functional groups attached to an aromatic ring is 1. The van der Waals surface area contributed by atoms with E-state index in [9.17, 15) is 0 Å². The lowest BCUT2D eigenvalue weighted by Crippen LogP contribution is -2.33. The number of ether oxygens (including phenoxy) is 3. The number of anilines is 2. The lowest BCUT2D eigenvalue weighted by Gasteiger charge is -2.22. The number of nitrogens with zero attached hydrogens (tertiary/aromatic N) is 4. The largest absolute Gasteiger partial charge is 0.467 e. The Morgan fingerprint density at radius 3 is 2.14 bits per heavy atom. The summed E-state index contributed by atoms with van der Waals surface area (Å²) in [5.74, 6) is 6.07. The molecule has 0 bridgehead atoms. The standard InChI is InChI=1S/C12H24N6O3/c1-4-20-8-6-18(7-9-21-5-2)11-14-10(17-13)15-12(16-11)19-3/h4-9,13H2,1-3H3,(H,14,15,16,17). The van der Waals surface area contributed by atoms with Crippen LogP contribution in [-0.4, -0.2) is 61.6 Å². The van der Waals surface area contributed by atoms with Gasteiger partial charge in [-0.25, -0.2) is 5.84 Å². The molecule has 0 radical (unpaired) electrons. The molecule has 0 atom stereocenters. The Hall–Kier alpha value is -1.71. The van der Waals surface area contributed by atoms with Gasteiger partial charge in [-0.15, -0.1) is 0 Å². The first-order chi connectivity index (χ1) is 10.2. The van der Waals surface area contributed by atoms with Gasteiger partial charge >= 0.3 is 6.01 Å². The van der Waals surface area contributed by atoms with Crippen LogP contribution in [0.5, 0.6) is 6.01 Å². The van der Waals surface area contributed by atoms with Crippen LogP contribution in [0, 0.1) is 0 Å². The van der Waals surface area contributed by atoms with E-state index in [2.05, 4.69) is 20.4 Å². The molecule has 21 heavy (non-hydrogen) atoms. The molecule has 0 aliphatic carbocycles. The Morgan fingerprint density at radius 2 is 1.67 bits per heavy atom. The third-order valence-corrected chi connectivity index (χ3v) is 2.62. The zero-order valence-corrected chi connectivity index (χ0v) is 12.8. The molecule has 0 spiro atoms. The molecule has 0 amide bonds. The van der Waals surface area contributed by atoms with Crippen LogP contribution in [0.1, 0.15) is 13.8 Å². The van der Waals surface area contributed by atoms with Gasteiger partial charge in [0.05, 0.1) is 20.3 Å². The summed E-state index contributed by atoms with van der Waals surface area (Å²) >= 11 is 0. The minimum absolute atomic E-state index is 0.200. The van der Waals surface area contributed by atoms with Gasteiger partial charge in [-0.1, -0.05) is 0 Å². The average Bonchev–Trinajstić information content (AvgIpc) is 2.53. The van der Waals surface area contributed by atoms with Gasteiger partial charge in [0.1, 0.15) is 0 Å². The van der Waals surface area contributed by atoms with E-state index in [0.717, 1.165) is 0 Å². The fourth-order valence-electron chi connectivity index (χ4n) is 1.59. The van der Waals surface area contributed by atoms with E-state index in [1.165, 1.54) is 7.11 Å². The molecule has 0 fully saturated rings. The molecule has 120 valence electrons. The number of rotatable bonds is 11. The van der Waals surface area contributed by atoms with Gasteiger partial charge in [-0.2, -0.15) is 15.0 Å². The van der Waals surface area contributed by atoms with E-state index in [1.807, 2.05) is 18.7 Å². The number of hydrazine groups is 1. The number of nitrogens with two attached hydrogens (primary N) is 1. The van der Waals surface area contributed by atoms with Crippen LogP contribution >= 0.6 is 0 Å². The Morgan fingerprint density at radius 1 is 1.05 bits per heavy atom. The topological polar surface area (TPSA) is 108 Å². The first kappa shape index (κ1) is 17.3. The molecule has 9 heteroatoms. The molecule has 1 rings (SSSR count). The zero-order valence-electron chi connectivity index (χ0n) is 12.8. The third kappa shape index (κ3) is 6.06. The van der Waals surface area contributed by atoms with Crippen LogP contribution in [0.15, 0.2) is 0 Å². The van der Waals surface area contributed by atoms with Gasteiger partial charge in [0.25, 0.3) is 0 Å². The molecule has 0 saturated carbocycles. The van der Waals surface area contributed by atoms with E-state index in [4.69, 9.17) is 20.1 Å². The Balaban J connectivity index is 2.83. The fraction of sp³-hybridized carbons (Fsp3) is 0.750. The molecule has 1 heterocycles. The summed E-state index contributed by atoms with van der Waals surface area (Å²) in [4.78, 5) is 14.4. The zero-order chi connectivity index (χ0) is 15.5. The Bertz CT molecular complexity index is 374. The van der Waals surface area contributed by atoms with Crippen molar-refractivity contribution >= 4 is 11.9 Å². The highest BCUT2D eigenvalue weighted by Gasteiger charge is 2.13. The minimum Gasteiger partial charge on any atom is -0.467 e. The van der Waals surface area contributed by atoms with Gasteiger partial charge in [0.2, 0.25) is 11.9 Å². The van der Waals surface area contributed by atoms with Crippen LogP contribution in [-0.2, 0) is 9.47 Å². The quantitative estimate of drug-likeness (QED) is 0.333. The van der Waals surface area contributed by atoms with E-state index in [0.29, 0.717) is 45.5 Å². The maximum Gasteiger partial charge on any atom is 0.322 e. The second-order valence-electron chi connectivity index (χ2n) is 3.97. The Labute approximate surface area is 124 Å². The molecule has 0 unspecified atom stereocenters. The summed E-state index contributed by atoms with van der Waals surface area (Å²) in [6, 6.07) is 0.200. The molecular formula is C12H24N6O3. The van der Waals surface area contributed by atoms with Crippen LogP contribution in [0.25, 0.3) is 0 Å². The first-order valence-electron chi connectivity index (χ1n) is 6.92. The average molecular weight is 300 g/mol. The van der Waals surface area contributed by atoms with Gasteiger partial charge in [-0.3, -0.25) is 5.43 Å². The molecule has 0 aliphatic heterocycles. The van der Waals surface area contributed by atoms with Crippen molar-refractivity contribution in [3.8, 4) is 6.01 Å². The first-order valence-corrected chi connectivity index (χ1v) is 6.92. The number of methoxy groups -OCH3 is 1. The molecule has 9 nitrogen and oxygen atoms in total. The maximum absolute atomic E-state index is 5.38. The summed E-state index contributed by atoms with van der Waals surface area (Å²) in [6.45, 7) is 7.64. The van der Waals surface area contributed by atoms with Crippen molar-refractivity contribution in [3.63, 3.8) is 0 Å². The predicted octanol–water partition coefficient (Wildman–Crippen LogP) is 0.0452. The molecule has 3 N–H and O–H groups in total. The van der Waals surface area contributed by atoms with Crippen molar-refractivity contribution in [2.24, 2.45) is 5.84 Å². The summed E-state index contributed by atoms with van der Waals surface area (Å²) < 4.78 is 15.8. The fourth-order valence-corrected chi connectivity index (χ4v) is 1.59. The van der Waals surface area contributed by atoms with Crippen molar-refractivity contribution in [1.82, 2.24) is 15.0 Å². The second kappa shape index (κ2) is 10.1. The highest BCUT2D eigenvalue weighted by Crippen LogP contribution is 2.14. The van der Waals surface area contributed by atoms with E-state index < -0.39 is 0 Å². The monoisotopic (exact) mass is 300 g/mol. The van der Waals surface area contributed by atoms with Crippen LogP contribution in [0.2, 0.25) is 0 Å². The maximum atomic E-state index is 5.38. The van der Waals surface area contributed by atoms with Crippen LogP contribution in [0.3, 0.4) is 0 Å². The Kier molecular flexibility index (Phi) is 8.32. The van der Waals surface area contributed by atoms with Gasteiger partial charge < -0.3 is 19.1 Å². The molecule has 0 aliphatic rings. The summed E-state index contributed by atoms with van der Waals surface area (Å²) in [6.07, 6.45) is 0. The van der Waals surface area contributed by atoms with Crippen molar-refractivity contribution in [3.05, 3.63) is 0 Å². The van der Waals surface area contributed by atoms with Gasteiger partial charge in [0, 0.05) is 26.3 Å². The number of aromatic nitrogens is 3. The molecule has 1 aromatic rings. The SMILES string of the molecule is CCOCCN(CCOCC)c1nc(NN)nc(OC)n1. The molecule has 0 aromatic carbocycles. The third-order valence-electron chi connectivity index (χ3n) is 2.62. The predicted molar refractivity (Wildman–Crippen MR) is 79.4 cm³/mol. The van der Waals surface area contributed by atoms with Gasteiger partial charge in [-0.05, 0) is 13.8 Å². The van der Waals surface area contributed by atoms with Crippen LogP contribution in [0.4, 0.5) is 11.9 Å². The van der Waals surface area contributed by atoms with Crippen LogP contribution < -0.4 is 20.9 Å². The summed E-state index contributed by atoms with van der Waals surface area (Å²) in [7, 11) is 1.49. The highest BCUT2D eigenvalue weighted by atomic mass is 16.5. The molecular weight excluding hydrogens is 276 g/mol. The number of hydrogen-bond donors (Lipinski definition) is 2. The van der Waals surface area contributed by atoms with Crippen molar-refractivity contribution in [2.75, 3.05) is 57.0 Å². The van der Waals surface area contributed by atoms with Crippen molar-refractivity contribution in [1.29, 1.82) is 0 Å². The van der Waals surface area contributed by atoms with E-state index in [1.54, 1.807) is 0 Å². The smallest absolute Gasteiger partial charge is 0.322 e. The summed E-state index contributed by atoms with van der Waals surface area (Å²) in [5.41, 5.74) is 2.40. The van der Waals surface area contributed by atoms with Gasteiger partial charge in [0.15, 0.2) is 0 Å². The number of hydrogen-bond acceptors (Lipinski definition) is 9. The molecule has 0 saturated heterocycles. The van der Waals surface area contributed by atoms with E-state index in [-0.39, 0.29) is 12.0 Å². The highest BCUT2D eigenvalue weighted by molar-refractivity contribution is 5.37. The van der Waals surface area contributed by atoms with Crippen molar-refractivity contribution < 1.29 is 14.2 Å². The van der Waals surface area contributed by atoms with Crippen molar-refractivity contribution in [2.45, 2.75) is 13.8 Å². The normalized spacial score (nSPS) is 10.5. The van der Waals surface area contributed by atoms with E-state index >= 15 is 0 Å². The second-order valence-corrected chi connectivity index (χ2v) is 3.97. The minimum atomic E-state index is 0.200. The molecule has 1 aromatic heterocycles. The number of nitrogens with one attached hydrogen (secondary N) is 1. The summed E-state index contributed by atoms with van der Waals surface area (Å²) in [5, 5.41) is 0. The lowest BCUT2D eigenvalue weighted by atomic mass is 10.5. The lowest BCUT2D eigenvalue weighted by molar-refractivity contribution is 0.141.